The van der Waals surface area contributed by atoms with Crippen LogP contribution in [0, 0.1) is 0 Å². The lowest BCUT2D eigenvalue weighted by Crippen LogP contribution is -2.72. The van der Waals surface area contributed by atoms with Gasteiger partial charge in [0.25, 0.3) is 0 Å². The van der Waals surface area contributed by atoms with Gasteiger partial charge >= 0.3 is 5.97 Å². The van der Waals surface area contributed by atoms with Crippen molar-refractivity contribution in [2.75, 3.05) is 6.61 Å². The molecule has 2 heterocycles. The van der Waals surface area contributed by atoms with Crippen LogP contribution < -0.4 is 0 Å². The van der Waals surface area contributed by atoms with Gasteiger partial charge < -0.3 is 4.74 Å². The molecule has 0 radical (unpaired) electrons. The highest BCUT2D eigenvalue weighted by Crippen LogP contribution is 2.53. The molecular weight excluding hydrogens is 246 g/mol. The normalized spacial score (nSPS) is 34.9. The molecular formula is C13H25NO3Si. The van der Waals surface area contributed by atoms with Crippen LogP contribution in [-0.4, -0.2) is 42.5 Å². The van der Waals surface area contributed by atoms with E-state index in [0.29, 0.717) is 12.3 Å². The monoisotopic (exact) mass is 271 g/mol. The Morgan fingerprint density at radius 1 is 1.44 bits per heavy atom. The van der Waals surface area contributed by atoms with Crippen molar-refractivity contribution < 1.29 is 14.4 Å². The molecule has 2 rings (SSSR count). The maximum absolute atomic E-state index is 12.3. The average Bonchev–Trinajstić information content (AvgIpc) is 2.37. The Labute approximate surface area is 111 Å². The summed E-state index contributed by atoms with van der Waals surface area (Å²) in [5.74, 6) is -0.106. The zero-order valence-electron chi connectivity index (χ0n) is 12.4. The number of ether oxygens (including phenoxy) is 1. The molecule has 0 amide bonds. The molecule has 104 valence electrons. The molecule has 2 aliphatic rings. The highest BCUT2D eigenvalue weighted by Gasteiger charge is 2.68. The van der Waals surface area contributed by atoms with Crippen LogP contribution in [0.5, 0.6) is 0 Å². The smallest absolute Gasteiger partial charge is 0.329 e. The van der Waals surface area contributed by atoms with Gasteiger partial charge in [-0.3, -0.25) is 4.84 Å². The summed E-state index contributed by atoms with van der Waals surface area (Å²) in [6.07, 6.45) is 1.63. The maximum atomic E-state index is 12.3. The topological polar surface area (TPSA) is 38.8 Å². The third kappa shape index (κ3) is 2.02. The fraction of sp³-hybridized carbons (Fsp3) is 0.923. The van der Waals surface area contributed by atoms with E-state index >= 15 is 0 Å². The summed E-state index contributed by atoms with van der Waals surface area (Å²) in [5.41, 5.74) is -0.352. The van der Waals surface area contributed by atoms with Gasteiger partial charge in [0.2, 0.25) is 0 Å². The van der Waals surface area contributed by atoms with Gasteiger partial charge in [-0.2, -0.15) is 5.06 Å². The highest BCUT2D eigenvalue weighted by atomic mass is 28.3. The molecule has 0 aromatic carbocycles. The molecule has 0 aromatic rings. The van der Waals surface area contributed by atoms with Gasteiger partial charge in [-0.1, -0.05) is 19.6 Å². The van der Waals surface area contributed by atoms with Gasteiger partial charge in [-0.25, -0.2) is 4.79 Å². The van der Waals surface area contributed by atoms with Crippen LogP contribution in [0.25, 0.3) is 0 Å². The number of hydrogen-bond acceptors (Lipinski definition) is 4. The Morgan fingerprint density at radius 2 is 2.06 bits per heavy atom. The van der Waals surface area contributed by atoms with Crippen molar-refractivity contribution >= 4 is 14.0 Å². The summed E-state index contributed by atoms with van der Waals surface area (Å²) >= 11 is 0. The third-order valence-corrected chi connectivity index (χ3v) is 6.39. The lowest BCUT2D eigenvalue weighted by Gasteiger charge is -2.54. The van der Waals surface area contributed by atoms with E-state index in [9.17, 15) is 4.79 Å². The Bertz CT molecular complexity index is 364. The van der Waals surface area contributed by atoms with E-state index in [2.05, 4.69) is 19.6 Å². The SMILES string of the molecule is CCOC(=O)[C@@]12C[C@@H]([Si](C)(C)C)N1OC(C)(C)C2. The Balaban J connectivity index is 2.23. The highest BCUT2D eigenvalue weighted by molar-refractivity contribution is 6.77. The molecule has 2 atom stereocenters. The predicted octanol–water partition coefficient (Wildman–Crippen LogP) is 2.35. The lowest BCUT2D eigenvalue weighted by atomic mass is 9.80. The molecule has 5 heteroatoms. The molecule has 2 aliphatic heterocycles. The maximum Gasteiger partial charge on any atom is 0.329 e. The van der Waals surface area contributed by atoms with Crippen LogP contribution in [0.2, 0.25) is 19.6 Å². The van der Waals surface area contributed by atoms with Crippen molar-refractivity contribution in [3.05, 3.63) is 0 Å². The van der Waals surface area contributed by atoms with Gasteiger partial charge in [0.15, 0.2) is 0 Å². The van der Waals surface area contributed by atoms with Crippen molar-refractivity contribution in [2.24, 2.45) is 0 Å². The second-order valence-corrected chi connectivity index (χ2v) is 12.6. The first-order chi connectivity index (χ1) is 8.12. The zero-order valence-corrected chi connectivity index (χ0v) is 13.4. The number of hydroxylamine groups is 2. The number of esters is 1. The quantitative estimate of drug-likeness (QED) is 0.583. The Kier molecular flexibility index (Phi) is 3.15. The van der Waals surface area contributed by atoms with Crippen LogP contribution in [0.15, 0.2) is 0 Å². The van der Waals surface area contributed by atoms with Crippen LogP contribution in [0.4, 0.5) is 0 Å². The van der Waals surface area contributed by atoms with Crippen molar-refractivity contribution in [1.82, 2.24) is 5.06 Å². The molecule has 0 aromatic heterocycles. The van der Waals surface area contributed by atoms with Gasteiger partial charge in [0.05, 0.1) is 20.3 Å². The van der Waals surface area contributed by atoms with Gasteiger partial charge in [0.1, 0.15) is 5.54 Å². The van der Waals surface area contributed by atoms with Crippen molar-refractivity contribution in [1.29, 1.82) is 0 Å². The molecule has 0 bridgehead atoms. The third-order valence-electron chi connectivity index (χ3n) is 3.95. The minimum atomic E-state index is -1.34. The predicted molar refractivity (Wildman–Crippen MR) is 72.7 cm³/mol. The molecule has 0 spiro atoms. The number of carbonyl (C=O) groups excluding carboxylic acids is 1. The van der Waals surface area contributed by atoms with Crippen LogP contribution in [0.1, 0.15) is 33.6 Å². The summed E-state index contributed by atoms with van der Waals surface area (Å²) in [6, 6.07) is 0. The van der Waals surface area contributed by atoms with E-state index in [1.165, 1.54) is 0 Å². The van der Waals surface area contributed by atoms with E-state index in [1.54, 1.807) is 0 Å². The molecule has 18 heavy (non-hydrogen) atoms. The number of fused-ring (bicyclic) bond motifs is 1. The molecule has 0 N–H and O–H groups in total. The lowest BCUT2D eigenvalue weighted by molar-refractivity contribution is -0.269. The summed E-state index contributed by atoms with van der Waals surface area (Å²) in [5, 5.41) is 1.97. The van der Waals surface area contributed by atoms with Crippen molar-refractivity contribution in [2.45, 2.75) is 70.1 Å². The second kappa shape index (κ2) is 4.05. The van der Waals surface area contributed by atoms with Gasteiger partial charge in [-0.15, -0.1) is 0 Å². The van der Waals surface area contributed by atoms with Crippen molar-refractivity contribution in [3.63, 3.8) is 0 Å². The summed E-state index contributed by atoms with van der Waals surface area (Å²) in [7, 11) is -1.34. The molecule has 0 aliphatic carbocycles. The first-order valence-corrected chi connectivity index (χ1v) is 10.4. The van der Waals surface area contributed by atoms with Crippen LogP contribution in [-0.2, 0) is 14.4 Å². The first-order valence-electron chi connectivity index (χ1n) is 6.78. The van der Waals surface area contributed by atoms with Gasteiger partial charge in [0, 0.05) is 12.1 Å². The number of rotatable bonds is 3. The standard InChI is InChI=1S/C13H25NO3Si/c1-7-16-11(15)13-8-10(18(4,5)6)14(13)17-12(2,3)9-13/h10H,7-9H2,1-6H3/t10-,13+/m1/s1. The Morgan fingerprint density at radius 3 is 2.56 bits per heavy atom. The molecule has 4 nitrogen and oxygen atoms in total. The van der Waals surface area contributed by atoms with Gasteiger partial charge in [-0.05, 0) is 27.2 Å². The van der Waals surface area contributed by atoms with E-state index in [0.717, 1.165) is 12.8 Å². The minimum absolute atomic E-state index is 0.106. The summed E-state index contributed by atoms with van der Waals surface area (Å²) < 4.78 is 5.26. The molecule has 0 unspecified atom stereocenters. The van der Waals surface area contributed by atoms with E-state index in [4.69, 9.17) is 9.57 Å². The van der Waals surface area contributed by atoms with Crippen molar-refractivity contribution in [3.8, 4) is 0 Å². The number of hydrogen-bond donors (Lipinski definition) is 0. The van der Waals surface area contributed by atoms with Crippen LogP contribution in [0.3, 0.4) is 0 Å². The zero-order chi connectivity index (χ0) is 13.8. The van der Waals surface area contributed by atoms with E-state index < -0.39 is 13.6 Å². The molecule has 2 fully saturated rings. The molecule has 2 saturated heterocycles. The average molecular weight is 271 g/mol. The Hall–Kier alpha value is -0.393. The fourth-order valence-corrected chi connectivity index (χ4v) is 5.10. The second-order valence-electron chi connectivity index (χ2n) is 7.19. The number of carbonyl (C=O) groups is 1. The fourth-order valence-electron chi connectivity index (χ4n) is 3.15. The minimum Gasteiger partial charge on any atom is -0.465 e. The number of nitrogens with zero attached hydrogens (tertiary/aromatic N) is 1. The van der Waals surface area contributed by atoms with Crippen LogP contribution >= 0.6 is 0 Å². The summed E-state index contributed by atoms with van der Waals surface area (Å²) in [4.78, 5) is 18.3. The van der Waals surface area contributed by atoms with E-state index in [-0.39, 0.29) is 11.6 Å². The largest absolute Gasteiger partial charge is 0.465 e. The summed E-state index contributed by atoms with van der Waals surface area (Å²) in [6.45, 7) is 13.4. The molecule has 0 saturated carbocycles. The first kappa shape index (κ1) is 14.0. The van der Waals surface area contributed by atoms with E-state index in [1.807, 2.05) is 25.8 Å².